The number of nitrogens with two attached hydrogens (primary N) is 1. The van der Waals surface area contributed by atoms with E-state index in [2.05, 4.69) is 5.73 Å². The summed E-state index contributed by atoms with van der Waals surface area (Å²) in [5.74, 6) is -0.523. The Kier molecular flexibility index (Phi) is 3.31. The van der Waals surface area contributed by atoms with E-state index in [9.17, 15) is 18.0 Å². The van der Waals surface area contributed by atoms with Gasteiger partial charge in [0.2, 0.25) is 5.91 Å². The molecule has 3 nitrogen and oxygen atoms in total. The van der Waals surface area contributed by atoms with E-state index in [1.54, 1.807) is 0 Å². The van der Waals surface area contributed by atoms with Crippen molar-refractivity contribution in [1.29, 1.82) is 0 Å². The number of hydrogen-bond acceptors (Lipinski definition) is 2. The molecule has 3 N–H and O–H groups in total. The van der Waals surface area contributed by atoms with Gasteiger partial charge in [0, 0.05) is 13.5 Å². The molecule has 0 fully saturated rings. The van der Waals surface area contributed by atoms with E-state index in [0.717, 1.165) is 6.92 Å². The van der Waals surface area contributed by atoms with Crippen molar-refractivity contribution >= 4 is 5.91 Å². The summed E-state index contributed by atoms with van der Waals surface area (Å²) >= 11 is 0. The predicted octanol–water partition coefficient (Wildman–Crippen LogP) is 0.0121. The zero-order chi connectivity index (χ0) is 9.07. The molecular weight excluding hydrogens is 161 g/mol. The first-order valence-electron chi connectivity index (χ1n) is 2.90. The minimum Gasteiger partial charge on any atom is -0.354 e. The zero-order valence-electron chi connectivity index (χ0n) is 5.90. The van der Waals surface area contributed by atoms with Crippen molar-refractivity contribution in [3.8, 4) is 0 Å². The molecular formula is C5H9F3N2O. The van der Waals surface area contributed by atoms with Crippen LogP contribution in [0.5, 0.6) is 0 Å². The Morgan fingerprint density at radius 1 is 1.64 bits per heavy atom. The third-order valence-electron chi connectivity index (χ3n) is 0.991. The van der Waals surface area contributed by atoms with Crippen LogP contribution >= 0.6 is 0 Å². The second-order valence-corrected chi connectivity index (χ2v) is 2.09. The highest BCUT2D eigenvalue weighted by molar-refractivity contribution is 5.72. The fourth-order valence-corrected chi connectivity index (χ4v) is 0.369. The molecule has 0 aliphatic carbocycles. The van der Waals surface area contributed by atoms with Crippen molar-refractivity contribution in [2.75, 3.05) is 6.54 Å². The van der Waals surface area contributed by atoms with Crippen LogP contribution in [0.25, 0.3) is 0 Å². The quantitative estimate of drug-likeness (QED) is 0.613. The van der Waals surface area contributed by atoms with Gasteiger partial charge in [-0.3, -0.25) is 4.79 Å². The number of nitrogens with one attached hydrogen (secondary N) is 1. The lowest BCUT2D eigenvalue weighted by Gasteiger charge is -2.14. The summed E-state index contributed by atoms with van der Waals surface area (Å²) in [5, 5.41) is 1.97. The summed E-state index contributed by atoms with van der Waals surface area (Å²) in [7, 11) is 0. The van der Waals surface area contributed by atoms with Crippen molar-refractivity contribution < 1.29 is 18.0 Å². The Morgan fingerprint density at radius 3 is 2.36 bits per heavy atom. The van der Waals surface area contributed by atoms with Gasteiger partial charge in [-0.2, -0.15) is 13.2 Å². The largest absolute Gasteiger partial charge is 0.405 e. The number of halogens is 3. The molecule has 1 amide bonds. The molecule has 0 bridgehead atoms. The summed E-state index contributed by atoms with van der Waals surface area (Å²) < 4.78 is 34.9. The van der Waals surface area contributed by atoms with Crippen LogP contribution in [0.15, 0.2) is 0 Å². The maximum Gasteiger partial charge on any atom is 0.405 e. The Morgan fingerprint density at radius 2 is 2.09 bits per heavy atom. The molecule has 1 atom stereocenters. The monoisotopic (exact) mass is 170 g/mol. The molecule has 0 aromatic heterocycles. The van der Waals surface area contributed by atoms with Crippen molar-refractivity contribution in [3.05, 3.63) is 0 Å². The van der Waals surface area contributed by atoms with Gasteiger partial charge in [0.25, 0.3) is 0 Å². The Balaban J connectivity index is 3.70. The summed E-state index contributed by atoms with van der Waals surface area (Å²) in [4.78, 5) is 10.1. The molecule has 66 valence electrons. The molecule has 0 heterocycles. The minimum atomic E-state index is -4.44. The Bertz CT molecular complexity index is 145. The normalized spacial score (nSPS) is 14.3. The van der Waals surface area contributed by atoms with Crippen LogP contribution in [0.1, 0.15) is 6.92 Å². The lowest BCUT2D eigenvalue weighted by Crippen LogP contribution is -2.46. The van der Waals surface area contributed by atoms with Gasteiger partial charge in [0.15, 0.2) is 0 Å². The average Bonchev–Trinajstić information content (AvgIpc) is 1.80. The van der Waals surface area contributed by atoms with Gasteiger partial charge in [0.05, 0.1) is 0 Å². The van der Waals surface area contributed by atoms with E-state index in [1.165, 1.54) is 0 Å². The highest BCUT2D eigenvalue weighted by atomic mass is 19.4. The lowest BCUT2D eigenvalue weighted by atomic mass is 10.3. The van der Waals surface area contributed by atoms with E-state index in [4.69, 9.17) is 0 Å². The van der Waals surface area contributed by atoms with Gasteiger partial charge >= 0.3 is 6.18 Å². The predicted molar refractivity (Wildman–Crippen MR) is 32.7 cm³/mol. The van der Waals surface area contributed by atoms with Crippen LogP contribution in [0.4, 0.5) is 13.2 Å². The van der Waals surface area contributed by atoms with Crippen LogP contribution in [0.2, 0.25) is 0 Å². The van der Waals surface area contributed by atoms with E-state index < -0.39 is 24.7 Å². The number of carbonyl (C=O) groups is 1. The molecule has 11 heavy (non-hydrogen) atoms. The fraction of sp³-hybridized carbons (Fsp3) is 0.800. The Labute approximate surface area is 61.7 Å². The molecule has 0 aliphatic heterocycles. The van der Waals surface area contributed by atoms with Gasteiger partial charge in [-0.15, -0.1) is 0 Å². The Hall–Kier alpha value is -0.780. The SMILES string of the molecule is CC(=O)NCC(N)C(F)(F)F. The van der Waals surface area contributed by atoms with Crippen LogP contribution in [-0.2, 0) is 4.79 Å². The van der Waals surface area contributed by atoms with Crippen LogP contribution in [0, 0.1) is 0 Å². The van der Waals surface area contributed by atoms with E-state index in [1.807, 2.05) is 5.32 Å². The second-order valence-electron chi connectivity index (χ2n) is 2.09. The zero-order valence-corrected chi connectivity index (χ0v) is 5.90. The van der Waals surface area contributed by atoms with Crippen LogP contribution < -0.4 is 11.1 Å². The first-order valence-corrected chi connectivity index (χ1v) is 2.90. The molecule has 0 rings (SSSR count). The molecule has 0 aliphatic rings. The topological polar surface area (TPSA) is 55.1 Å². The standard InChI is InChI=1S/C5H9F3N2O/c1-3(11)10-2-4(9)5(6,7)8/h4H,2,9H2,1H3,(H,10,11). The molecule has 0 radical (unpaired) electrons. The molecule has 0 spiro atoms. The van der Waals surface area contributed by atoms with Crippen molar-refractivity contribution in [3.63, 3.8) is 0 Å². The highest BCUT2D eigenvalue weighted by Crippen LogP contribution is 2.17. The molecule has 0 saturated heterocycles. The first kappa shape index (κ1) is 10.2. The molecule has 0 aromatic carbocycles. The lowest BCUT2D eigenvalue weighted by molar-refractivity contribution is -0.147. The van der Waals surface area contributed by atoms with E-state index in [-0.39, 0.29) is 0 Å². The summed E-state index contributed by atoms with van der Waals surface area (Å²) in [6.45, 7) is 0.557. The van der Waals surface area contributed by atoms with Gasteiger partial charge in [0.1, 0.15) is 6.04 Å². The molecule has 0 saturated carbocycles. The average molecular weight is 170 g/mol. The number of rotatable bonds is 2. The summed E-state index contributed by atoms with van der Waals surface area (Å²) in [6.07, 6.45) is -4.44. The third-order valence-corrected chi connectivity index (χ3v) is 0.991. The van der Waals surface area contributed by atoms with E-state index >= 15 is 0 Å². The maximum absolute atomic E-state index is 11.6. The number of amides is 1. The smallest absolute Gasteiger partial charge is 0.354 e. The minimum absolute atomic E-state index is 0.523. The number of alkyl halides is 3. The third kappa shape index (κ3) is 4.60. The number of carbonyl (C=O) groups excluding carboxylic acids is 1. The second kappa shape index (κ2) is 3.56. The molecule has 0 aromatic rings. The van der Waals surface area contributed by atoms with Crippen LogP contribution in [-0.4, -0.2) is 24.7 Å². The van der Waals surface area contributed by atoms with E-state index in [0.29, 0.717) is 0 Å². The van der Waals surface area contributed by atoms with Gasteiger partial charge in [-0.25, -0.2) is 0 Å². The van der Waals surface area contributed by atoms with Crippen molar-refractivity contribution in [1.82, 2.24) is 5.32 Å². The highest BCUT2D eigenvalue weighted by Gasteiger charge is 2.36. The van der Waals surface area contributed by atoms with Crippen molar-refractivity contribution in [2.24, 2.45) is 5.73 Å². The van der Waals surface area contributed by atoms with Gasteiger partial charge < -0.3 is 11.1 Å². The maximum atomic E-state index is 11.6. The number of hydrogen-bond donors (Lipinski definition) is 2. The summed E-state index contributed by atoms with van der Waals surface area (Å²) in [6, 6.07) is -1.98. The fourth-order valence-electron chi connectivity index (χ4n) is 0.369. The van der Waals surface area contributed by atoms with Crippen molar-refractivity contribution in [2.45, 2.75) is 19.1 Å². The molecule has 1 unspecified atom stereocenters. The first-order chi connectivity index (χ1) is 4.84. The van der Waals surface area contributed by atoms with Crippen LogP contribution in [0.3, 0.4) is 0 Å². The van der Waals surface area contributed by atoms with Gasteiger partial charge in [-0.05, 0) is 0 Å². The molecule has 6 heteroatoms. The summed E-state index contributed by atoms with van der Waals surface area (Å²) in [5.41, 5.74) is 4.66. The van der Waals surface area contributed by atoms with Gasteiger partial charge in [-0.1, -0.05) is 0 Å².